The summed E-state index contributed by atoms with van der Waals surface area (Å²) < 4.78 is 38.8. The van der Waals surface area contributed by atoms with Crippen LogP contribution in [0, 0.1) is 0 Å². The summed E-state index contributed by atoms with van der Waals surface area (Å²) in [4.78, 5) is 0. The minimum Gasteiger partial charge on any atom is -0.496 e. The Morgan fingerprint density at radius 1 is 0.786 bits per heavy atom. The number of hydrogen-bond acceptors (Lipinski definition) is 14. The molecule has 2 aromatic carbocycles. The van der Waals surface area contributed by atoms with Crippen LogP contribution in [0.5, 0.6) is 34.5 Å². The number of ether oxygens (including phenoxy) is 7. The fraction of sp³-hybridized carbons (Fsp3) is 0.500. The molecule has 14 nitrogen and oxygen atoms in total. The van der Waals surface area contributed by atoms with Crippen molar-refractivity contribution in [3.63, 3.8) is 0 Å². The van der Waals surface area contributed by atoms with Crippen LogP contribution in [0.1, 0.15) is 17.2 Å². The van der Waals surface area contributed by atoms with Gasteiger partial charge in [-0.1, -0.05) is 12.2 Å². The molecule has 1 fully saturated rings. The molecule has 3 rings (SSSR count). The SMILES string of the molecule is COc1cc(OC(CO)C(O)c2cc(OC)c(O[C@@H]3O[C@H](CO)[C@@H](O)[C@H](O)[C@H]3O)c(OC)c2)c(OC)cc1/C=C/CO. The summed E-state index contributed by atoms with van der Waals surface area (Å²) in [6.07, 6.45) is -7.16. The third-order valence-corrected chi connectivity index (χ3v) is 6.64. The molecule has 0 saturated carbocycles. The molecular formula is C28H38O14. The van der Waals surface area contributed by atoms with Gasteiger partial charge in [0.05, 0.1) is 48.3 Å². The van der Waals surface area contributed by atoms with Crippen molar-refractivity contribution in [3.8, 4) is 34.5 Å². The maximum absolute atomic E-state index is 11.2. The zero-order chi connectivity index (χ0) is 31.0. The summed E-state index contributed by atoms with van der Waals surface area (Å²) in [5.41, 5.74) is 0.790. The van der Waals surface area contributed by atoms with Crippen molar-refractivity contribution in [3.05, 3.63) is 41.5 Å². The second-order valence-electron chi connectivity index (χ2n) is 9.18. The highest BCUT2D eigenvalue weighted by Gasteiger charge is 2.45. The first-order valence-corrected chi connectivity index (χ1v) is 12.9. The third kappa shape index (κ3) is 7.17. The van der Waals surface area contributed by atoms with Crippen LogP contribution in [0.4, 0.5) is 0 Å². The quantitative estimate of drug-likeness (QED) is 0.145. The Morgan fingerprint density at radius 2 is 1.40 bits per heavy atom. The molecule has 42 heavy (non-hydrogen) atoms. The van der Waals surface area contributed by atoms with E-state index in [-0.39, 0.29) is 40.9 Å². The van der Waals surface area contributed by atoms with Gasteiger partial charge in [-0.3, -0.25) is 0 Å². The normalized spacial score (nSPS) is 23.7. The molecule has 2 aromatic rings. The molecule has 0 aliphatic carbocycles. The summed E-state index contributed by atoms with van der Waals surface area (Å²) in [6.45, 7) is -1.44. The van der Waals surface area contributed by atoms with Crippen molar-refractivity contribution in [2.75, 3.05) is 48.3 Å². The number of rotatable bonds is 14. The van der Waals surface area contributed by atoms with Crippen LogP contribution >= 0.6 is 0 Å². The average Bonchev–Trinajstić information content (AvgIpc) is 3.02. The van der Waals surface area contributed by atoms with E-state index >= 15 is 0 Å². The molecule has 1 aliphatic rings. The van der Waals surface area contributed by atoms with Crippen molar-refractivity contribution in [1.82, 2.24) is 0 Å². The Balaban J connectivity index is 1.92. The van der Waals surface area contributed by atoms with Gasteiger partial charge in [-0.25, -0.2) is 0 Å². The zero-order valence-corrected chi connectivity index (χ0v) is 23.6. The number of benzene rings is 2. The minimum absolute atomic E-state index is 0.0244. The topological polar surface area (TPSA) is 206 Å². The van der Waals surface area contributed by atoms with E-state index in [2.05, 4.69) is 0 Å². The summed E-state index contributed by atoms with van der Waals surface area (Å²) in [5.74, 6) is 0.805. The fourth-order valence-electron chi connectivity index (χ4n) is 4.34. The van der Waals surface area contributed by atoms with Gasteiger partial charge in [0.2, 0.25) is 12.0 Å². The highest BCUT2D eigenvalue weighted by Crippen LogP contribution is 2.43. The van der Waals surface area contributed by atoms with Crippen molar-refractivity contribution < 1.29 is 68.9 Å². The lowest BCUT2D eigenvalue weighted by Crippen LogP contribution is -2.60. The standard InChI is InChI=1S/C28H38O14/c1-36-16-11-18(17(37-2)8-14(16)6-5-7-29)40-21(12-30)23(32)15-9-19(38-3)27(20(10-15)39-4)42-28-26(35)25(34)24(33)22(13-31)41-28/h5-6,8-11,21-26,28-35H,7,12-13H2,1-4H3/b6-5+/t21?,22-,23?,24-,25+,26-,28+/m1/s1. The molecule has 234 valence electrons. The van der Waals surface area contributed by atoms with Gasteiger partial charge in [0.25, 0.3) is 0 Å². The maximum atomic E-state index is 11.2. The van der Waals surface area contributed by atoms with Gasteiger partial charge >= 0.3 is 0 Å². The van der Waals surface area contributed by atoms with E-state index in [0.29, 0.717) is 11.3 Å². The van der Waals surface area contributed by atoms with Gasteiger partial charge < -0.3 is 68.9 Å². The lowest BCUT2D eigenvalue weighted by molar-refractivity contribution is -0.277. The van der Waals surface area contributed by atoms with Crippen molar-refractivity contribution in [2.45, 2.75) is 42.9 Å². The van der Waals surface area contributed by atoms with Gasteiger partial charge in [0, 0.05) is 11.6 Å². The molecule has 1 saturated heterocycles. The summed E-state index contributed by atoms with van der Waals surface area (Å²) in [5, 5.41) is 70.5. The lowest BCUT2D eigenvalue weighted by Gasteiger charge is -2.39. The predicted octanol–water partition coefficient (Wildman–Crippen LogP) is -0.621. The number of aliphatic hydroxyl groups is 7. The third-order valence-electron chi connectivity index (χ3n) is 6.64. The molecule has 1 aliphatic heterocycles. The fourth-order valence-corrected chi connectivity index (χ4v) is 4.34. The van der Waals surface area contributed by atoms with E-state index in [0.717, 1.165) is 0 Å². The maximum Gasteiger partial charge on any atom is 0.229 e. The monoisotopic (exact) mass is 598 g/mol. The van der Waals surface area contributed by atoms with E-state index in [1.54, 1.807) is 12.1 Å². The molecule has 0 aromatic heterocycles. The second kappa shape index (κ2) is 15.2. The molecule has 7 atom stereocenters. The number of aliphatic hydroxyl groups excluding tert-OH is 7. The van der Waals surface area contributed by atoms with Crippen molar-refractivity contribution in [2.24, 2.45) is 0 Å². The molecule has 1 heterocycles. The molecule has 7 N–H and O–H groups in total. The Hall–Kier alpha value is -3.34. The summed E-state index contributed by atoms with van der Waals surface area (Å²) in [6, 6.07) is 5.90. The zero-order valence-electron chi connectivity index (χ0n) is 23.6. The van der Waals surface area contributed by atoms with E-state index in [1.807, 2.05) is 0 Å². The molecule has 0 spiro atoms. The van der Waals surface area contributed by atoms with Gasteiger partial charge in [-0.05, 0) is 23.8 Å². The highest BCUT2D eigenvalue weighted by atomic mass is 16.7. The molecule has 0 bridgehead atoms. The van der Waals surface area contributed by atoms with E-state index in [1.165, 1.54) is 52.7 Å². The minimum atomic E-state index is -1.69. The summed E-state index contributed by atoms with van der Waals surface area (Å²) in [7, 11) is 5.50. The predicted molar refractivity (Wildman–Crippen MR) is 146 cm³/mol. The van der Waals surface area contributed by atoms with Gasteiger partial charge in [0.1, 0.15) is 36.3 Å². The second-order valence-corrected chi connectivity index (χ2v) is 9.18. The van der Waals surface area contributed by atoms with Crippen LogP contribution in [-0.2, 0) is 4.74 Å². The van der Waals surface area contributed by atoms with Crippen LogP contribution < -0.4 is 28.4 Å². The number of hydrogen-bond donors (Lipinski definition) is 7. The smallest absolute Gasteiger partial charge is 0.229 e. The van der Waals surface area contributed by atoms with Crippen LogP contribution in [0.15, 0.2) is 30.3 Å². The van der Waals surface area contributed by atoms with Gasteiger partial charge in [0.15, 0.2) is 29.1 Å². The van der Waals surface area contributed by atoms with Crippen LogP contribution in [0.3, 0.4) is 0 Å². The number of methoxy groups -OCH3 is 4. The largest absolute Gasteiger partial charge is 0.496 e. The first-order valence-electron chi connectivity index (χ1n) is 12.9. The molecule has 0 amide bonds. The van der Waals surface area contributed by atoms with Crippen molar-refractivity contribution >= 4 is 6.08 Å². The Kier molecular flexibility index (Phi) is 12.0. The van der Waals surface area contributed by atoms with Crippen molar-refractivity contribution in [1.29, 1.82) is 0 Å². The first kappa shape index (κ1) is 33.2. The highest BCUT2D eigenvalue weighted by molar-refractivity contribution is 5.63. The van der Waals surface area contributed by atoms with Crippen LogP contribution in [0.25, 0.3) is 6.08 Å². The molecule has 2 unspecified atom stereocenters. The van der Waals surface area contributed by atoms with Gasteiger partial charge in [-0.2, -0.15) is 0 Å². The van der Waals surface area contributed by atoms with Gasteiger partial charge in [-0.15, -0.1) is 0 Å². The molecule has 14 heteroatoms. The Labute approximate surface area is 242 Å². The molecular weight excluding hydrogens is 560 g/mol. The van der Waals surface area contributed by atoms with E-state index in [9.17, 15) is 30.6 Å². The first-order chi connectivity index (χ1) is 20.2. The molecule has 0 radical (unpaired) electrons. The average molecular weight is 599 g/mol. The lowest BCUT2D eigenvalue weighted by atomic mass is 9.99. The Morgan fingerprint density at radius 3 is 1.93 bits per heavy atom. The van der Waals surface area contributed by atoms with E-state index in [4.69, 9.17) is 38.3 Å². The van der Waals surface area contributed by atoms with E-state index < -0.39 is 56.1 Å². The summed E-state index contributed by atoms with van der Waals surface area (Å²) >= 11 is 0. The van der Waals surface area contributed by atoms with Crippen LogP contribution in [-0.4, -0.2) is 121 Å². The van der Waals surface area contributed by atoms with Crippen LogP contribution in [0.2, 0.25) is 0 Å². The Bertz CT molecular complexity index is 1160.